The van der Waals surface area contributed by atoms with E-state index in [1.54, 1.807) is 6.92 Å². The molecular weight excluding hydrogens is 224 g/mol. The molecule has 1 amide bonds. The van der Waals surface area contributed by atoms with E-state index < -0.39 is 11.9 Å². The number of hydrogen-bond acceptors (Lipinski definition) is 5. The van der Waals surface area contributed by atoms with Crippen LogP contribution in [0.2, 0.25) is 0 Å². The van der Waals surface area contributed by atoms with Crippen molar-refractivity contribution in [2.75, 3.05) is 6.61 Å². The summed E-state index contributed by atoms with van der Waals surface area (Å²) in [5.41, 5.74) is 5.84. The van der Waals surface area contributed by atoms with Crippen molar-refractivity contribution in [2.45, 2.75) is 33.2 Å². The molecule has 7 heteroatoms. The zero-order valence-electron chi connectivity index (χ0n) is 9.97. The van der Waals surface area contributed by atoms with Crippen LogP contribution in [0, 0.1) is 0 Å². The van der Waals surface area contributed by atoms with Crippen LogP contribution in [0.1, 0.15) is 36.5 Å². The molecular formula is C10H16N4O3. The average Bonchev–Trinajstić information content (AvgIpc) is 2.62. The molecule has 2 N–H and O–H groups in total. The van der Waals surface area contributed by atoms with Crippen molar-refractivity contribution in [3.8, 4) is 0 Å². The summed E-state index contributed by atoms with van der Waals surface area (Å²) in [5.74, 6) is -1.05. The van der Waals surface area contributed by atoms with E-state index in [2.05, 4.69) is 10.3 Å². The van der Waals surface area contributed by atoms with Gasteiger partial charge >= 0.3 is 5.97 Å². The van der Waals surface area contributed by atoms with E-state index in [-0.39, 0.29) is 18.8 Å². The topological polar surface area (TPSA) is 100 Å². The van der Waals surface area contributed by atoms with Crippen molar-refractivity contribution in [1.29, 1.82) is 0 Å². The normalized spacial score (nSPS) is 10.2. The zero-order chi connectivity index (χ0) is 12.8. The molecule has 0 bridgehead atoms. The molecule has 0 saturated carbocycles. The van der Waals surface area contributed by atoms with Crippen molar-refractivity contribution in [3.63, 3.8) is 0 Å². The summed E-state index contributed by atoms with van der Waals surface area (Å²) in [7, 11) is 0. The van der Waals surface area contributed by atoms with Crippen LogP contribution in [-0.2, 0) is 22.5 Å². The Bertz CT molecular complexity index is 414. The molecule has 1 heterocycles. The predicted octanol–water partition coefficient (Wildman–Crippen LogP) is -0.107. The standard InChI is InChI=1S/C10H16N4O3/c1-3-5-7-9(10(16)17-4-2)12-13-14(7)6-8(11)15/h3-6H2,1-2H3,(H2,11,15). The van der Waals surface area contributed by atoms with E-state index in [1.807, 2.05) is 6.92 Å². The minimum absolute atomic E-state index is 0.0816. The van der Waals surface area contributed by atoms with Gasteiger partial charge in [-0.25, -0.2) is 9.48 Å². The van der Waals surface area contributed by atoms with Gasteiger partial charge in [0.2, 0.25) is 5.91 Å². The predicted molar refractivity (Wildman–Crippen MR) is 59.2 cm³/mol. The SMILES string of the molecule is CCCc1c(C(=O)OCC)nnn1CC(N)=O. The first-order chi connectivity index (χ1) is 8.10. The first kappa shape index (κ1) is 13.1. The zero-order valence-corrected chi connectivity index (χ0v) is 9.97. The van der Waals surface area contributed by atoms with Gasteiger partial charge in [-0.3, -0.25) is 4.79 Å². The van der Waals surface area contributed by atoms with E-state index in [0.717, 1.165) is 6.42 Å². The number of ether oxygens (including phenoxy) is 1. The molecule has 0 aromatic carbocycles. The molecule has 0 aliphatic carbocycles. The second-order valence-corrected chi connectivity index (χ2v) is 3.48. The molecule has 94 valence electrons. The highest BCUT2D eigenvalue weighted by molar-refractivity contribution is 5.88. The third kappa shape index (κ3) is 3.27. The smallest absolute Gasteiger partial charge is 0.360 e. The van der Waals surface area contributed by atoms with Crippen LogP contribution < -0.4 is 5.73 Å². The maximum Gasteiger partial charge on any atom is 0.360 e. The first-order valence-corrected chi connectivity index (χ1v) is 5.47. The van der Waals surface area contributed by atoms with Crippen molar-refractivity contribution in [2.24, 2.45) is 5.73 Å². The monoisotopic (exact) mass is 240 g/mol. The van der Waals surface area contributed by atoms with Crippen molar-refractivity contribution < 1.29 is 14.3 Å². The Hall–Kier alpha value is -1.92. The van der Waals surface area contributed by atoms with Crippen molar-refractivity contribution in [3.05, 3.63) is 11.4 Å². The highest BCUT2D eigenvalue weighted by Gasteiger charge is 2.20. The Balaban J connectivity index is 3.00. The lowest BCUT2D eigenvalue weighted by molar-refractivity contribution is -0.118. The van der Waals surface area contributed by atoms with E-state index in [0.29, 0.717) is 12.1 Å². The van der Waals surface area contributed by atoms with Crippen LogP contribution in [0.5, 0.6) is 0 Å². The van der Waals surface area contributed by atoms with Crippen LogP contribution in [0.3, 0.4) is 0 Å². The van der Waals surface area contributed by atoms with E-state index in [4.69, 9.17) is 10.5 Å². The van der Waals surface area contributed by atoms with E-state index >= 15 is 0 Å². The van der Waals surface area contributed by atoms with Crippen LogP contribution >= 0.6 is 0 Å². The number of primary amides is 1. The molecule has 0 aliphatic heterocycles. The molecule has 7 nitrogen and oxygen atoms in total. The van der Waals surface area contributed by atoms with Crippen LogP contribution in [-0.4, -0.2) is 33.5 Å². The summed E-state index contributed by atoms with van der Waals surface area (Å²) in [5, 5.41) is 7.48. The molecule has 17 heavy (non-hydrogen) atoms. The van der Waals surface area contributed by atoms with Gasteiger partial charge in [-0.05, 0) is 13.3 Å². The van der Waals surface area contributed by atoms with Gasteiger partial charge in [-0.15, -0.1) is 5.10 Å². The number of amides is 1. The number of rotatable bonds is 6. The van der Waals surface area contributed by atoms with E-state index in [1.165, 1.54) is 4.68 Å². The molecule has 0 radical (unpaired) electrons. The van der Waals surface area contributed by atoms with Gasteiger partial charge in [0.05, 0.1) is 12.3 Å². The Kier molecular flexibility index (Phi) is 4.62. The van der Waals surface area contributed by atoms with Gasteiger partial charge in [0.25, 0.3) is 0 Å². The van der Waals surface area contributed by atoms with E-state index in [9.17, 15) is 9.59 Å². The summed E-state index contributed by atoms with van der Waals surface area (Å²) < 4.78 is 6.21. The molecule has 0 atom stereocenters. The number of nitrogens with zero attached hydrogens (tertiary/aromatic N) is 3. The number of nitrogens with two attached hydrogens (primary N) is 1. The third-order valence-corrected chi connectivity index (χ3v) is 2.10. The summed E-state index contributed by atoms with van der Waals surface area (Å²) in [6, 6.07) is 0. The van der Waals surface area contributed by atoms with Gasteiger partial charge in [-0.2, -0.15) is 0 Å². The summed E-state index contributed by atoms with van der Waals surface area (Å²) in [6.07, 6.45) is 1.40. The number of carbonyl (C=O) groups is 2. The molecule has 1 aromatic rings. The van der Waals surface area contributed by atoms with Gasteiger partial charge in [-0.1, -0.05) is 18.6 Å². The van der Waals surface area contributed by atoms with Crippen LogP contribution in [0.4, 0.5) is 0 Å². The number of carbonyl (C=O) groups excluding carboxylic acids is 2. The lowest BCUT2D eigenvalue weighted by atomic mass is 10.2. The number of aromatic nitrogens is 3. The van der Waals surface area contributed by atoms with Crippen molar-refractivity contribution in [1.82, 2.24) is 15.0 Å². The van der Waals surface area contributed by atoms with Gasteiger partial charge in [0, 0.05) is 0 Å². The van der Waals surface area contributed by atoms with Gasteiger partial charge < -0.3 is 10.5 Å². The summed E-state index contributed by atoms with van der Waals surface area (Å²) >= 11 is 0. The lowest BCUT2D eigenvalue weighted by Gasteiger charge is -2.04. The molecule has 0 spiro atoms. The minimum atomic E-state index is -0.525. The number of esters is 1. The Morgan fingerprint density at radius 2 is 2.12 bits per heavy atom. The quantitative estimate of drug-likeness (QED) is 0.699. The fraction of sp³-hybridized carbons (Fsp3) is 0.600. The Morgan fingerprint density at radius 3 is 2.65 bits per heavy atom. The summed E-state index contributed by atoms with van der Waals surface area (Å²) in [4.78, 5) is 22.4. The molecule has 0 unspecified atom stereocenters. The molecule has 0 fully saturated rings. The summed E-state index contributed by atoms with van der Waals surface area (Å²) in [6.45, 7) is 3.86. The highest BCUT2D eigenvalue weighted by Crippen LogP contribution is 2.10. The van der Waals surface area contributed by atoms with Crippen molar-refractivity contribution >= 4 is 11.9 Å². The number of hydrogen-bond donors (Lipinski definition) is 1. The van der Waals surface area contributed by atoms with Gasteiger partial charge in [0.1, 0.15) is 6.54 Å². The first-order valence-electron chi connectivity index (χ1n) is 5.47. The minimum Gasteiger partial charge on any atom is -0.461 e. The largest absolute Gasteiger partial charge is 0.461 e. The Labute approximate surface area is 98.9 Å². The Morgan fingerprint density at radius 1 is 1.41 bits per heavy atom. The average molecular weight is 240 g/mol. The second-order valence-electron chi connectivity index (χ2n) is 3.48. The molecule has 0 aliphatic rings. The fourth-order valence-corrected chi connectivity index (χ4v) is 1.45. The maximum absolute atomic E-state index is 11.6. The molecule has 1 rings (SSSR count). The second kappa shape index (κ2) is 5.97. The van der Waals surface area contributed by atoms with Gasteiger partial charge in [0.15, 0.2) is 5.69 Å². The molecule has 0 saturated heterocycles. The van der Waals surface area contributed by atoms with Crippen LogP contribution in [0.15, 0.2) is 0 Å². The maximum atomic E-state index is 11.6. The third-order valence-electron chi connectivity index (χ3n) is 2.10. The lowest BCUT2D eigenvalue weighted by Crippen LogP contribution is -2.21. The molecule has 1 aromatic heterocycles. The van der Waals surface area contributed by atoms with Crippen LogP contribution in [0.25, 0.3) is 0 Å². The fourth-order valence-electron chi connectivity index (χ4n) is 1.45. The highest BCUT2D eigenvalue weighted by atomic mass is 16.5.